The molecule has 2 aliphatic rings. The van der Waals surface area contributed by atoms with Crippen LogP contribution in [0.4, 0.5) is 0 Å². The minimum atomic E-state index is -0.452. The normalized spacial score (nSPS) is 28.4. The number of rotatable bonds is 2. The third-order valence-electron chi connectivity index (χ3n) is 4.17. The van der Waals surface area contributed by atoms with Crippen molar-refractivity contribution in [2.45, 2.75) is 30.1 Å². The lowest BCUT2D eigenvalue weighted by Gasteiger charge is -2.44. The van der Waals surface area contributed by atoms with Gasteiger partial charge in [-0.25, -0.2) is 0 Å². The molecule has 19 heavy (non-hydrogen) atoms. The molecule has 1 aliphatic heterocycles. The van der Waals surface area contributed by atoms with E-state index in [4.69, 9.17) is 4.74 Å². The van der Waals surface area contributed by atoms with E-state index < -0.39 is 5.41 Å². The fraction of sp³-hybridized carbons (Fsp3) is 0.438. The number of carbonyl (C=O) groups excluding carboxylic acids is 1. The summed E-state index contributed by atoms with van der Waals surface area (Å²) in [6, 6.07) is 8.30. The summed E-state index contributed by atoms with van der Waals surface area (Å²) in [6.45, 7) is 2.33. The lowest BCUT2D eigenvalue weighted by molar-refractivity contribution is -0.152. The molecule has 0 bridgehead atoms. The summed E-state index contributed by atoms with van der Waals surface area (Å²) in [4.78, 5) is 13.9. The molecule has 1 aliphatic carbocycles. The van der Waals surface area contributed by atoms with E-state index in [2.05, 4.69) is 24.3 Å². The van der Waals surface area contributed by atoms with E-state index in [0.29, 0.717) is 12.5 Å². The molecule has 2 nitrogen and oxygen atoms in total. The van der Waals surface area contributed by atoms with Crippen molar-refractivity contribution in [3.63, 3.8) is 0 Å². The number of allylic oxidation sites excluding steroid dienone is 2. The van der Waals surface area contributed by atoms with Crippen molar-refractivity contribution < 1.29 is 9.53 Å². The Kier molecular flexibility index (Phi) is 3.40. The maximum absolute atomic E-state index is 12.7. The molecular formula is C16H18O2S. The minimum Gasteiger partial charge on any atom is -0.465 e. The molecule has 3 rings (SSSR count). The maximum Gasteiger partial charge on any atom is 0.317 e. The van der Waals surface area contributed by atoms with Crippen LogP contribution >= 0.6 is 11.8 Å². The van der Waals surface area contributed by atoms with Gasteiger partial charge >= 0.3 is 5.97 Å². The van der Waals surface area contributed by atoms with Crippen molar-refractivity contribution >= 4 is 17.7 Å². The topological polar surface area (TPSA) is 26.3 Å². The summed E-state index contributed by atoms with van der Waals surface area (Å²) in [7, 11) is 0. The Bertz CT molecular complexity index is 523. The Morgan fingerprint density at radius 3 is 3.11 bits per heavy atom. The summed E-state index contributed by atoms with van der Waals surface area (Å²) in [5.74, 6) is 1.31. The minimum absolute atomic E-state index is 0.0444. The lowest BCUT2D eigenvalue weighted by Crippen LogP contribution is -2.48. The van der Waals surface area contributed by atoms with Crippen LogP contribution in [0.3, 0.4) is 0 Å². The Morgan fingerprint density at radius 1 is 1.42 bits per heavy atom. The Labute approximate surface area is 118 Å². The number of hydrogen-bond donors (Lipinski definition) is 0. The molecule has 0 fully saturated rings. The molecular weight excluding hydrogens is 256 g/mol. The van der Waals surface area contributed by atoms with E-state index in [1.165, 1.54) is 10.5 Å². The summed E-state index contributed by atoms with van der Waals surface area (Å²) in [5.41, 5.74) is 0.714. The highest BCUT2D eigenvalue weighted by Gasteiger charge is 2.51. The van der Waals surface area contributed by atoms with E-state index in [9.17, 15) is 4.79 Å². The average Bonchev–Trinajstić information content (AvgIpc) is 2.47. The first-order chi connectivity index (χ1) is 9.29. The molecule has 2 atom stereocenters. The molecule has 100 valence electrons. The first-order valence-electron chi connectivity index (χ1n) is 6.83. The molecule has 0 aromatic heterocycles. The van der Waals surface area contributed by atoms with Gasteiger partial charge in [0.25, 0.3) is 0 Å². The van der Waals surface area contributed by atoms with E-state index in [0.717, 1.165) is 18.6 Å². The first kappa shape index (κ1) is 12.8. The summed E-state index contributed by atoms with van der Waals surface area (Å²) >= 11 is 1.87. The summed E-state index contributed by atoms with van der Waals surface area (Å²) < 4.78 is 5.42. The van der Waals surface area contributed by atoms with Gasteiger partial charge in [0.15, 0.2) is 0 Å². The van der Waals surface area contributed by atoms with Crippen LogP contribution < -0.4 is 0 Å². The molecule has 0 saturated heterocycles. The average molecular weight is 274 g/mol. The smallest absolute Gasteiger partial charge is 0.317 e. The van der Waals surface area contributed by atoms with Crippen LogP contribution in [0.1, 0.15) is 25.3 Å². The summed E-state index contributed by atoms with van der Waals surface area (Å²) in [5, 5.41) is 0. The van der Waals surface area contributed by atoms with E-state index >= 15 is 0 Å². The van der Waals surface area contributed by atoms with Crippen molar-refractivity contribution in [1.82, 2.24) is 0 Å². The van der Waals surface area contributed by atoms with Gasteiger partial charge in [0, 0.05) is 10.6 Å². The number of fused-ring (bicyclic) bond motifs is 3. The quantitative estimate of drug-likeness (QED) is 0.609. The second kappa shape index (κ2) is 5.04. The number of esters is 1. The molecule has 1 heterocycles. The van der Waals surface area contributed by atoms with Gasteiger partial charge in [-0.3, -0.25) is 4.79 Å². The molecule has 0 radical (unpaired) electrons. The van der Waals surface area contributed by atoms with Gasteiger partial charge in [0.2, 0.25) is 0 Å². The third kappa shape index (κ3) is 1.91. The fourth-order valence-electron chi connectivity index (χ4n) is 3.21. The van der Waals surface area contributed by atoms with Gasteiger partial charge in [-0.05, 0) is 37.3 Å². The molecule has 1 aromatic rings. The molecule has 0 saturated carbocycles. The molecule has 2 unspecified atom stereocenters. The third-order valence-corrected chi connectivity index (χ3v) is 5.41. The van der Waals surface area contributed by atoms with Crippen molar-refractivity contribution in [3.05, 3.63) is 42.0 Å². The predicted octanol–water partition coefficient (Wildman–Crippen LogP) is 3.56. The van der Waals surface area contributed by atoms with Gasteiger partial charge in [-0.15, -0.1) is 11.8 Å². The molecule has 0 spiro atoms. The number of ether oxygens (including phenoxy) is 1. The zero-order chi connectivity index (χ0) is 13.3. The molecule has 1 aromatic carbocycles. The van der Waals surface area contributed by atoms with Crippen LogP contribution in [0.15, 0.2) is 41.3 Å². The van der Waals surface area contributed by atoms with Crippen LogP contribution in [0, 0.1) is 5.92 Å². The second-order valence-corrected chi connectivity index (χ2v) is 6.17. The Hall–Kier alpha value is -1.22. The highest BCUT2D eigenvalue weighted by Crippen LogP contribution is 2.51. The molecule has 0 amide bonds. The number of hydrogen-bond acceptors (Lipinski definition) is 3. The van der Waals surface area contributed by atoms with Crippen LogP contribution in [0.5, 0.6) is 0 Å². The highest BCUT2D eigenvalue weighted by atomic mass is 32.2. The van der Waals surface area contributed by atoms with Crippen molar-refractivity contribution in [1.29, 1.82) is 0 Å². The number of carbonyl (C=O) groups is 1. The zero-order valence-corrected chi connectivity index (χ0v) is 11.9. The van der Waals surface area contributed by atoms with Crippen LogP contribution in [-0.2, 0) is 14.9 Å². The SMILES string of the molecule is CCOC(=O)C12CC=CCC1CSc1ccccc12. The largest absolute Gasteiger partial charge is 0.465 e. The predicted molar refractivity (Wildman–Crippen MR) is 77.3 cm³/mol. The number of thioether (sulfide) groups is 1. The lowest BCUT2D eigenvalue weighted by atomic mass is 9.65. The van der Waals surface area contributed by atoms with E-state index in [1.54, 1.807) is 0 Å². The summed E-state index contributed by atoms with van der Waals surface area (Å²) in [6.07, 6.45) is 6.09. The number of benzene rings is 1. The van der Waals surface area contributed by atoms with Gasteiger partial charge in [0.05, 0.1) is 6.61 Å². The standard InChI is InChI=1S/C16H18O2S/c1-2-18-15(17)16-10-6-5-7-12(16)11-19-14-9-4-3-8-13(14)16/h3-6,8-9,12H,2,7,10-11H2,1H3. The molecule has 3 heteroatoms. The monoisotopic (exact) mass is 274 g/mol. The zero-order valence-electron chi connectivity index (χ0n) is 11.1. The van der Waals surface area contributed by atoms with Gasteiger partial charge in [-0.2, -0.15) is 0 Å². The Morgan fingerprint density at radius 2 is 2.26 bits per heavy atom. The fourth-order valence-corrected chi connectivity index (χ4v) is 4.59. The van der Waals surface area contributed by atoms with Crippen molar-refractivity contribution in [2.24, 2.45) is 5.92 Å². The van der Waals surface area contributed by atoms with Crippen LogP contribution in [0.2, 0.25) is 0 Å². The van der Waals surface area contributed by atoms with Crippen molar-refractivity contribution in [2.75, 3.05) is 12.4 Å². The van der Waals surface area contributed by atoms with Crippen molar-refractivity contribution in [3.8, 4) is 0 Å². The van der Waals surface area contributed by atoms with Gasteiger partial charge in [0.1, 0.15) is 5.41 Å². The van der Waals surface area contributed by atoms with E-state index in [-0.39, 0.29) is 5.97 Å². The van der Waals surface area contributed by atoms with Gasteiger partial charge < -0.3 is 4.74 Å². The maximum atomic E-state index is 12.7. The van der Waals surface area contributed by atoms with Crippen LogP contribution in [0.25, 0.3) is 0 Å². The molecule has 0 N–H and O–H groups in total. The van der Waals surface area contributed by atoms with Crippen LogP contribution in [-0.4, -0.2) is 18.3 Å². The Balaban J connectivity index is 2.13. The second-order valence-electron chi connectivity index (χ2n) is 5.11. The van der Waals surface area contributed by atoms with Gasteiger partial charge in [-0.1, -0.05) is 30.4 Å². The first-order valence-corrected chi connectivity index (χ1v) is 7.82. The highest BCUT2D eigenvalue weighted by molar-refractivity contribution is 7.99. The van der Waals surface area contributed by atoms with E-state index in [1.807, 2.05) is 30.8 Å².